The smallest absolute Gasteiger partial charge is 0.321 e. The van der Waals surface area contributed by atoms with Crippen LogP contribution in [0.25, 0.3) is 0 Å². The van der Waals surface area contributed by atoms with E-state index in [-0.39, 0.29) is 12.3 Å². The van der Waals surface area contributed by atoms with E-state index in [4.69, 9.17) is 5.11 Å². The highest BCUT2D eigenvalue weighted by Gasteiger charge is 2.28. The Morgan fingerprint density at radius 2 is 1.95 bits per heavy atom. The van der Waals surface area contributed by atoms with Gasteiger partial charge in [-0.1, -0.05) is 13.8 Å². The molecule has 0 aliphatic rings. The fraction of sp³-hybridized carbons (Fsp3) is 0.417. The Balaban J connectivity index is 3.06. The molecule has 0 aliphatic heterocycles. The summed E-state index contributed by atoms with van der Waals surface area (Å²) in [6, 6.07) is 0.591. The molecule has 0 saturated heterocycles. The summed E-state index contributed by atoms with van der Waals surface area (Å²) >= 11 is 0. The molecule has 0 aliphatic carbocycles. The molecule has 0 radical (unpaired) electrons. The second-order valence-electron chi connectivity index (χ2n) is 4.72. The molecule has 8 heteroatoms. The summed E-state index contributed by atoms with van der Waals surface area (Å²) in [5.41, 5.74) is 0. The third-order valence-electron chi connectivity index (χ3n) is 2.49. The maximum atomic E-state index is 13.5. The molecule has 5 nitrogen and oxygen atoms in total. The summed E-state index contributed by atoms with van der Waals surface area (Å²) in [6.45, 7) is 3.45. The first kappa shape index (κ1) is 16.5. The zero-order valence-corrected chi connectivity index (χ0v) is 11.7. The summed E-state index contributed by atoms with van der Waals surface area (Å²) in [7, 11) is -4.37. The van der Waals surface area contributed by atoms with Crippen molar-refractivity contribution in [2.75, 3.05) is 0 Å². The molecule has 0 amide bonds. The molecule has 20 heavy (non-hydrogen) atoms. The molecule has 0 saturated carbocycles. The predicted octanol–water partition coefficient (Wildman–Crippen LogP) is 1.74. The average Bonchev–Trinajstić information content (AvgIpc) is 2.26. The van der Waals surface area contributed by atoms with Gasteiger partial charge in [0, 0.05) is 6.07 Å². The van der Waals surface area contributed by atoms with Crippen LogP contribution in [0.4, 0.5) is 8.78 Å². The van der Waals surface area contributed by atoms with Gasteiger partial charge >= 0.3 is 5.97 Å². The predicted molar refractivity (Wildman–Crippen MR) is 67.6 cm³/mol. The van der Waals surface area contributed by atoms with Crippen molar-refractivity contribution in [2.45, 2.75) is 31.2 Å². The van der Waals surface area contributed by atoms with Crippen LogP contribution in [0.3, 0.4) is 0 Å². The lowest BCUT2D eigenvalue weighted by molar-refractivity contribution is -0.139. The SMILES string of the molecule is CC(C)CC(NS(=O)(=O)c1ccc(F)cc1F)C(=O)O. The lowest BCUT2D eigenvalue weighted by Gasteiger charge is -2.16. The number of carbonyl (C=O) groups is 1. The van der Waals surface area contributed by atoms with Crippen LogP contribution >= 0.6 is 0 Å². The Labute approximate surface area is 115 Å². The number of halogens is 2. The lowest BCUT2D eigenvalue weighted by atomic mass is 10.1. The zero-order valence-electron chi connectivity index (χ0n) is 10.9. The molecular formula is C12H15F2NO4S. The largest absolute Gasteiger partial charge is 0.480 e. The Bertz CT molecular complexity index is 601. The normalized spacial score (nSPS) is 13.4. The van der Waals surface area contributed by atoms with Crippen molar-refractivity contribution in [1.29, 1.82) is 0 Å². The van der Waals surface area contributed by atoms with Gasteiger partial charge in [0.15, 0.2) is 0 Å². The summed E-state index contributed by atoms with van der Waals surface area (Å²) in [6.07, 6.45) is 0.0530. The van der Waals surface area contributed by atoms with E-state index in [2.05, 4.69) is 0 Å². The quantitative estimate of drug-likeness (QED) is 0.838. The van der Waals surface area contributed by atoms with Crippen LogP contribution in [0, 0.1) is 17.6 Å². The number of sulfonamides is 1. The third-order valence-corrected chi connectivity index (χ3v) is 3.99. The molecule has 0 bridgehead atoms. The maximum absolute atomic E-state index is 13.5. The molecule has 0 spiro atoms. The molecule has 0 heterocycles. The minimum Gasteiger partial charge on any atom is -0.480 e. The van der Waals surface area contributed by atoms with Gasteiger partial charge in [0.2, 0.25) is 10.0 Å². The second-order valence-corrected chi connectivity index (χ2v) is 6.40. The van der Waals surface area contributed by atoms with Gasteiger partial charge in [-0.05, 0) is 24.5 Å². The number of hydrogen-bond donors (Lipinski definition) is 2. The van der Waals surface area contributed by atoms with Crippen LogP contribution in [0.2, 0.25) is 0 Å². The molecule has 1 unspecified atom stereocenters. The van der Waals surface area contributed by atoms with Crippen molar-refractivity contribution in [3.05, 3.63) is 29.8 Å². The Hall–Kier alpha value is -1.54. The molecule has 0 aromatic heterocycles. The van der Waals surface area contributed by atoms with Gasteiger partial charge < -0.3 is 5.11 Å². The first-order chi connectivity index (χ1) is 9.13. The van der Waals surface area contributed by atoms with E-state index in [1.807, 2.05) is 4.72 Å². The number of benzene rings is 1. The van der Waals surface area contributed by atoms with Crippen LogP contribution in [-0.2, 0) is 14.8 Å². The topological polar surface area (TPSA) is 83.5 Å². The molecule has 112 valence electrons. The van der Waals surface area contributed by atoms with Crippen LogP contribution in [0.5, 0.6) is 0 Å². The number of hydrogen-bond acceptors (Lipinski definition) is 3. The van der Waals surface area contributed by atoms with Gasteiger partial charge in [-0.15, -0.1) is 0 Å². The minimum absolute atomic E-state index is 0.0530. The fourth-order valence-corrected chi connectivity index (χ4v) is 2.88. The Kier molecular flexibility index (Phi) is 5.18. The van der Waals surface area contributed by atoms with Crippen molar-refractivity contribution in [3.8, 4) is 0 Å². The highest BCUT2D eigenvalue weighted by Crippen LogP contribution is 2.17. The average molecular weight is 307 g/mol. The van der Waals surface area contributed by atoms with Crippen molar-refractivity contribution in [1.82, 2.24) is 4.72 Å². The molecule has 0 fully saturated rings. The number of rotatable bonds is 6. The minimum atomic E-state index is -4.37. The standard InChI is InChI=1S/C12H15F2NO4S/c1-7(2)5-10(12(16)17)15-20(18,19)11-4-3-8(13)6-9(11)14/h3-4,6-7,10,15H,5H2,1-2H3,(H,16,17). The molecule has 2 N–H and O–H groups in total. The summed E-state index contributed by atoms with van der Waals surface area (Å²) < 4.78 is 52.0. The maximum Gasteiger partial charge on any atom is 0.321 e. The van der Waals surface area contributed by atoms with Crippen molar-refractivity contribution in [3.63, 3.8) is 0 Å². The van der Waals surface area contributed by atoms with Gasteiger partial charge in [-0.2, -0.15) is 4.72 Å². The van der Waals surface area contributed by atoms with Gasteiger partial charge in [0.1, 0.15) is 22.6 Å². The summed E-state index contributed by atoms with van der Waals surface area (Å²) in [5, 5.41) is 8.97. The van der Waals surface area contributed by atoms with E-state index < -0.39 is 38.6 Å². The number of carboxylic acid groups (broad SMARTS) is 1. The van der Waals surface area contributed by atoms with Gasteiger partial charge in [-0.25, -0.2) is 17.2 Å². The van der Waals surface area contributed by atoms with E-state index in [1.165, 1.54) is 0 Å². The van der Waals surface area contributed by atoms with Crippen molar-refractivity contribution < 1.29 is 27.1 Å². The van der Waals surface area contributed by atoms with Crippen LogP contribution in [0.1, 0.15) is 20.3 Å². The highest BCUT2D eigenvalue weighted by molar-refractivity contribution is 7.89. The van der Waals surface area contributed by atoms with Crippen LogP contribution < -0.4 is 4.72 Å². The van der Waals surface area contributed by atoms with E-state index in [0.29, 0.717) is 6.07 Å². The Morgan fingerprint density at radius 1 is 1.35 bits per heavy atom. The van der Waals surface area contributed by atoms with Gasteiger partial charge in [0.05, 0.1) is 0 Å². The number of aliphatic carboxylic acids is 1. The first-order valence-electron chi connectivity index (χ1n) is 5.83. The highest BCUT2D eigenvalue weighted by atomic mass is 32.2. The van der Waals surface area contributed by atoms with Gasteiger partial charge in [0.25, 0.3) is 0 Å². The van der Waals surface area contributed by atoms with Crippen molar-refractivity contribution in [2.24, 2.45) is 5.92 Å². The molecule has 1 aromatic rings. The molecule has 1 rings (SSSR count). The van der Waals surface area contributed by atoms with Crippen molar-refractivity contribution >= 4 is 16.0 Å². The summed E-state index contributed by atoms with van der Waals surface area (Å²) in [5.74, 6) is -3.62. The molecule has 1 aromatic carbocycles. The number of carboxylic acids is 1. The first-order valence-corrected chi connectivity index (χ1v) is 7.32. The third kappa shape index (κ3) is 4.24. The molecule has 1 atom stereocenters. The van der Waals surface area contributed by atoms with Crippen LogP contribution in [-0.4, -0.2) is 25.5 Å². The molecular weight excluding hydrogens is 292 g/mol. The van der Waals surface area contributed by atoms with E-state index >= 15 is 0 Å². The number of nitrogens with one attached hydrogen (secondary N) is 1. The lowest BCUT2D eigenvalue weighted by Crippen LogP contribution is -2.41. The van der Waals surface area contributed by atoms with E-state index in [1.54, 1.807) is 13.8 Å². The van der Waals surface area contributed by atoms with Crippen LogP contribution in [0.15, 0.2) is 23.1 Å². The summed E-state index contributed by atoms with van der Waals surface area (Å²) in [4.78, 5) is 10.2. The zero-order chi connectivity index (χ0) is 15.5. The van der Waals surface area contributed by atoms with Gasteiger partial charge in [-0.3, -0.25) is 4.79 Å². The van der Waals surface area contributed by atoms with E-state index in [0.717, 1.165) is 12.1 Å². The van der Waals surface area contributed by atoms with E-state index in [9.17, 15) is 22.0 Å². The second kappa shape index (κ2) is 6.27. The Morgan fingerprint density at radius 3 is 2.40 bits per heavy atom. The fourth-order valence-electron chi connectivity index (χ4n) is 1.61. The monoisotopic (exact) mass is 307 g/mol.